The van der Waals surface area contributed by atoms with E-state index in [-0.39, 0.29) is 42.2 Å². The number of thiazole rings is 1. The molecule has 194 valence electrons. The summed E-state index contributed by atoms with van der Waals surface area (Å²) in [4.78, 5) is 11.3. The van der Waals surface area contributed by atoms with Gasteiger partial charge in [-0.25, -0.2) is 13.8 Å². The molecule has 10 heteroatoms. The van der Waals surface area contributed by atoms with Crippen molar-refractivity contribution >= 4 is 22.4 Å². The number of aliphatic hydroxyl groups excluding tert-OH is 2. The van der Waals surface area contributed by atoms with Crippen molar-refractivity contribution in [2.45, 2.75) is 24.7 Å². The molecule has 1 saturated heterocycles. The van der Waals surface area contributed by atoms with Crippen molar-refractivity contribution in [1.29, 1.82) is 0 Å². The van der Waals surface area contributed by atoms with Gasteiger partial charge in [0.05, 0.1) is 30.4 Å². The summed E-state index contributed by atoms with van der Waals surface area (Å²) in [5.41, 5.74) is 3.23. The Morgan fingerprint density at radius 3 is 2.34 bits per heavy atom. The van der Waals surface area contributed by atoms with Crippen LogP contribution >= 0.6 is 11.3 Å². The number of nitrogens with zero attached hydrogens (tertiary/aromatic N) is 2. The van der Waals surface area contributed by atoms with Crippen LogP contribution in [0.25, 0.3) is 43.9 Å². The predicted octanol–water partition coefficient (Wildman–Crippen LogP) is 5.19. The predicted molar refractivity (Wildman–Crippen MR) is 140 cm³/mol. The third-order valence-electron chi connectivity index (χ3n) is 6.61. The highest BCUT2D eigenvalue weighted by atomic mass is 32.1. The van der Waals surface area contributed by atoms with Gasteiger partial charge in [0, 0.05) is 29.6 Å². The SMILES string of the molecule is OCC1OCC(Oc2nc3c(F)c(-c4ccc(-c5ccc(-c6nccs6)cc5)cc4)c(F)cc3[nH]2)CC1O. The van der Waals surface area contributed by atoms with Gasteiger partial charge in [-0.3, -0.25) is 0 Å². The number of aromatic amines is 1. The van der Waals surface area contributed by atoms with E-state index in [1.54, 1.807) is 29.7 Å². The third kappa shape index (κ3) is 4.67. The van der Waals surface area contributed by atoms with Crippen molar-refractivity contribution in [2.75, 3.05) is 13.2 Å². The van der Waals surface area contributed by atoms with Crippen molar-refractivity contribution in [1.82, 2.24) is 15.0 Å². The minimum atomic E-state index is -0.900. The van der Waals surface area contributed by atoms with Crippen LogP contribution in [0.15, 0.2) is 66.2 Å². The summed E-state index contributed by atoms with van der Waals surface area (Å²) in [6.45, 7) is -0.173. The molecule has 0 saturated carbocycles. The monoisotopic (exact) mass is 535 g/mol. The standard InChI is InChI=1S/C28H23F2N3O4S/c29-20-12-21-26(33-28(32-21)37-19-11-22(35)23(13-34)36-14-19)25(30)24(20)17-5-1-15(2-6-17)16-3-7-18(8-4-16)27-31-9-10-38-27/h1-10,12,19,22-23,34-35H,11,13-14H2,(H,32,33). The minimum Gasteiger partial charge on any atom is -0.459 e. The summed E-state index contributed by atoms with van der Waals surface area (Å²) < 4.78 is 41.6. The molecule has 0 radical (unpaired) electrons. The first-order chi connectivity index (χ1) is 18.5. The lowest BCUT2D eigenvalue weighted by Gasteiger charge is -2.31. The zero-order valence-electron chi connectivity index (χ0n) is 20.0. The number of nitrogens with one attached hydrogen (secondary N) is 1. The fraction of sp³-hybridized carbons (Fsp3) is 0.214. The average molecular weight is 536 g/mol. The molecule has 38 heavy (non-hydrogen) atoms. The van der Waals surface area contributed by atoms with E-state index in [0.29, 0.717) is 5.56 Å². The third-order valence-corrected chi connectivity index (χ3v) is 7.43. The van der Waals surface area contributed by atoms with Crippen LogP contribution in [-0.4, -0.2) is 56.7 Å². The Balaban J connectivity index is 1.23. The molecule has 1 fully saturated rings. The second-order valence-electron chi connectivity index (χ2n) is 9.07. The fourth-order valence-electron chi connectivity index (χ4n) is 4.62. The van der Waals surface area contributed by atoms with E-state index in [9.17, 15) is 10.2 Å². The number of hydrogen-bond acceptors (Lipinski definition) is 7. The summed E-state index contributed by atoms with van der Waals surface area (Å²) in [5, 5.41) is 22.1. The van der Waals surface area contributed by atoms with E-state index in [1.807, 2.05) is 41.8 Å². The van der Waals surface area contributed by atoms with Crippen molar-refractivity contribution in [3.05, 3.63) is 77.8 Å². The normalized spacial score (nSPS) is 19.6. The number of imidazole rings is 1. The highest BCUT2D eigenvalue weighted by Crippen LogP contribution is 2.34. The van der Waals surface area contributed by atoms with Crippen LogP contribution in [0.5, 0.6) is 6.01 Å². The van der Waals surface area contributed by atoms with Gasteiger partial charge in [0.15, 0.2) is 5.82 Å². The van der Waals surface area contributed by atoms with E-state index < -0.39 is 29.9 Å². The molecule has 3 atom stereocenters. The number of fused-ring (bicyclic) bond motifs is 1. The first-order valence-corrected chi connectivity index (χ1v) is 12.9. The van der Waals surface area contributed by atoms with Crippen molar-refractivity contribution in [3.63, 3.8) is 0 Å². The summed E-state index contributed by atoms with van der Waals surface area (Å²) in [6.07, 6.45) is -0.144. The van der Waals surface area contributed by atoms with E-state index in [2.05, 4.69) is 15.0 Å². The molecule has 0 spiro atoms. The first-order valence-electron chi connectivity index (χ1n) is 12.1. The molecule has 6 rings (SSSR count). The Morgan fingerprint density at radius 2 is 1.71 bits per heavy atom. The molecular formula is C28H23F2N3O4S. The Hall–Kier alpha value is -3.70. The second kappa shape index (κ2) is 10.2. The Morgan fingerprint density at radius 1 is 1.03 bits per heavy atom. The maximum Gasteiger partial charge on any atom is 0.295 e. The van der Waals surface area contributed by atoms with E-state index in [4.69, 9.17) is 9.47 Å². The number of halogens is 2. The van der Waals surface area contributed by atoms with Crippen LogP contribution in [0.4, 0.5) is 8.78 Å². The van der Waals surface area contributed by atoms with Gasteiger partial charge in [-0.15, -0.1) is 11.3 Å². The molecule has 0 bridgehead atoms. The van der Waals surface area contributed by atoms with Gasteiger partial charge in [0.1, 0.15) is 28.5 Å². The number of rotatable bonds is 6. The Bertz CT molecular complexity index is 1560. The number of aliphatic hydroxyl groups is 2. The molecule has 7 nitrogen and oxygen atoms in total. The van der Waals surface area contributed by atoms with Crippen molar-refractivity contribution in [3.8, 4) is 38.8 Å². The average Bonchev–Trinajstić information content (AvgIpc) is 3.60. The fourth-order valence-corrected chi connectivity index (χ4v) is 5.27. The molecule has 1 aliphatic rings. The molecule has 0 amide bonds. The first kappa shape index (κ1) is 24.6. The van der Waals surface area contributed by atoms with E-state index in [1.165, 1.54) is 6.07 Å². The van der Waals surface area contributed by atoms with Gasteiger partial charge in [-0.2, -0.15) is 4.98 Å². The van der Waals surface area contributed by atoms with E-state index >= 15 is 8.78 Å². The largest absolute Gasteiger partial charge is 0.459 e. The van der Waals surface area contributed by atoms with Crippen molar-refractivity contribution < 1.29 is 28.5 Å². The van der Waals surface area contributed by atoms with Gasteiger partial charge in [-0.05, 0) is 16.7 Å². The zero-order chi connectivity index (χ0) is 26.2. The molecule has 5 aromatic rings. The highest BCUT2D eigenvalue weighted by molar-refractivity contribution is 7.13. The summed E-state index contributed by atoms with van der Waals surface area (Å²) in [7, 11) is 0. The number of hydrogen-bond donors (Lipinski definition) is 3. The summed E-state index contributed by atoms with van der Waals surface area (Å²) >= 11 is 1.57. The maximum absolute atomic E-state index is 15.5. The van der Waals surface area contributed by atoms with Crippen LogP contribution in [0.1, 0.15) is 6.42 Å². The van der Waals surface area contributed by atoms with Crippen LogP contribution in [0, 0.1) is 11.6 Å². The van der Waals surface area contributed by atoms with Crippen LogP contribution in [0.2, 0.25) is 0 Å². The number of ether oxygens (including phenoxy) is 2. The van der Waals surface area contributed by atoms with Gasteiger partial charge in [0.25, 0.3) is 6.01 Å². The quantitative estimate of drug-likeness (QED) is 0.277. The number of benzene rings is 3. The second-order valence-corrected chi connectivity index (χ2v) is 9.97. The van der Waals surface area contributed by atoms with Gasteiger partial charge < -0.3 is 24.7 Å². The van der Waals surface area contributed by atoms with Crippen molar-refractivity contribution in [2.24, 2.45) is 0 Å². The summed E-state index contributed by atoms with van der Waals surface area (Å²) in [5.74, 6) is -1.53. The minimum absolute atomic E-state index is 0.00441. The zero-order valence-corrected chi connectivity index (χ0v) is 20.8. The molecule has 2 aromatic heterocycles. The van der Waals surface area contributed by atoms with Gasteiger partial charge in [0.2, 0.25) is 0 Å². The molecular weight excluding hydrogens is 512 g/mol. The molecule has 3 unspecified atom stereocenters. The smallest absolute Gasteiger partial charge is 0.295 e. The number of H-pyrrole nitrogens is 1. The molecule has 1 aliphatic heterocycles. The lowest BCUT2D eigenvalue weighted by molar-refractivity contribution is -0.131. The Kier molecular flexibility index (Phi) is 6.62. The lowest BCUT2D eigenvalue weighted by atomic mass is 9.98. The molecule has 0 aliphatic carbocycles. The molecule has 3 aromatic carbocycles. The summed E-state index contributed by atoms with van der Waals surface area (Å²) in [6, 6.07) is 16.2. The lowest BCUT2D eigenvalue weighted by Crippen LogP contribution is -2.45. The van der Waals surface area contributed by atoms with Gasteiger partial charge in [-0.1, -0.05) is 48.5 Å². The van der Waals surface area contributed by atoms with Crippen LogP contribution in [0.3, 0.4) is 0 Å². The van der Waals surface area contributed by atoms with Crippen LogP contribution in [-0.2, 0) is 4.74 Å². The molecule has 3 heterocycles. The van der Waals surface area contributed by atoms with Crippen LogP contribution < -0.4 is 4.74 Å². The highest BCUT2D eigenvalue weighted by Gasteiger charge is 2.31. The molecule has 3 N–H and O–H groups in total. The van der Waals surface area contributed by atoms with Gasteiger partial charge >= 0.3 is 0 Å². The Labute approximate surface area is 220 Å². The topological polar surface area (TPSA) is 100 Å². The van der Waals surface area contributed by atoms with E-state index in [0.717, 1.165) is 21.7 Å². The number of aromatic nitrogens is 3. The maximum atomic E-state index is 15.5.